The molecule has 64 heavy (non-hydrogen) atoms. The zero-order chi connectivity index (χ0) is 44.2. The average Bonchev–Trinajstić information content (AvgIpc) is 3.31. The molecule has 0 fully saturated rings. The minimum atomic E-state index is -0.409. The maximum absolute atomic E-state index is 5.32. The van der Waals surface area contributed by atoms with Crippen LogP contribution in [0.2, 0.25) is 0 Å². The molecule has 0 radical (unpaired) electrons. The molecule has 324 valence electrons. The van der Waals surface area contributed by atoms with Gasteiger partial charge in [0.2, 0.25) is 0 Å². The van der Waals surface area contributed by atoms with E-state index >= 15 is 0 Å². The van der Waals surface area contributed by atoms with Crippen molar-refractivity contribution in [3.05, 3.63) is 246 Å². The molecule has 4 nitrogen and oxygen atoms in total. The number of nitrogens with one attached hydrogen (secondary N) is 2. The molecule has 0 unspecified atom stereocenters. The van der Waals surface area contributed by atoms with Crippen molar-refractivity contribution in [2.45, 2.75) is 27.7 Å². The fraction of sp³-hybridized carbons (Fsp3) is 0.0909. The van der Waals surface area contributed by atoms with Crippen molar-refractivity contribution in [1.82, 2.24) is 0 Å². The number of nitrogens with zero attached hydrogens (tertiary/aromatic N) is 2. The number of hydrogen-bond donors (Lipinski definition) is 2. The maximum Gasteiger partial charge on any atom is 2.00 e. The topological polar surface area (TPSA) is 50.5 Å². The van der Waals surface area contributed by atoms with Gasteiger partial charge in [0.25, 0.3) is 0 Å². The predicted molar refractivity (Wildman–Crippen MR) is 285 cm³/mol. The van der Waals surface area contributed by atoms with E-state index in [-0.39, 0.29) is 20.4 Å². The fourth-order valence-corrected chi connectivity index (χ4v) is 13.4. The minimum Gasteiger partial charge on any atom is -0.789 e. The molecular weight excluding hydrogens is 949 g/mol. The van der Waals surface area contributed by atoms with Gasteiger partial charge in [-0.05, 0) is 123 Å². The molecule has 0 aromatic heterocycles. The average molecular weight is 1000 g/mol. The maximum atomic E-state index is 5.32. The van der Waals surface area contributed by atoms with E-state index in [0.29, 0.717) is 10.3 Å². The van der Waals surface area contributed by atoms with Gasteiger partial charge in [-0.25, -0.2) is 5.17 Å². The zero-order valence-corrected chi connectivity index (χ0v) is 41.4. The molecule has 8 aromatic rings. The van der Waals surface area contributed by atoms with Crippen LogP contribution in [0.15, 0.2) is 223 Å². The third-order valence-corrected chi connectivity index (χ3v) is 16.3. The van der Waals surface area contributed by atoms with E-state index in [1.54, 1.807) is 0 Å². The summed E-state index contributed by atoms with van der Waals surface area (Å²) in [5.41, 5.74) is 8.35. The second-order valence-corrected chi connectivity index (χ2v) is 20.3. The number of aliphatic imine (C=N–C) groups is 1. The monoisotopic (exact) mass is 1000 g/mol. The van der Waals surface area contributed by atoms with E-state index in [4.69, 9.17) is 24.8 Å². The summed E-state index contributed by atoms with van der Waals surface area (Å²) >= 11 is 10.5. The van der Waals surface area contributed by atoms with Crippen LogP contribution >= 0.6 is 28.1 Å². The van der Waals surface area contributed by atoms with Gasteiger partial charge in [0.15, 0.2) is 5.11 Å². The Balaban J connectivity index is 0.000000186. The quantitative estimate of drug-likeness (QED) is 0.0358. The van der Waals surface area contributed by atoms with Gasteiger partial charge in [-0.2, -0.15) is 0 Å². The molecule has 2 N–H and O–H groups in total. The van der Waals surface area contributed by atoms with Crippen molar-refractivity contribution in [3.8, 4) is 0 Å². The summed E-state index contributed by atoms with van der Waals surface area (Å²) in [6, 6.07) is 76.0. The molecule has 0 aliphatic rings. The van der Waals surface area contributed by atoms with E-state index in [9.17, 15) is 0 Å². The van der Waals surface area contributed by atoms with E-state index in [0.717, 1.165) is 33.9 Å². The normalized spacial score (nSPS) is 10.6. The molecule has 0 aliphatic heterocycles. The van der Waals surface area contributed by atoms with Crippen molar-refractivity contribution < 1.29 is 20.4 Å². The summed E-state index contributed by atoms with van der Waals surface area (Å²) in [5, 5.41) is 17.6. The Labute approximate surface area is 407 Å². The summed E-state index contributed by atoms with van der Waals surface area (Å²) in [5.74, 6) is 1.17. The standard InChI is InChI=1S/C25H22P2.C15H16N2S.C15H15N2S.Pd/c1-5-13-22(14-6-1)26(23-15-7-2-8-16-23)21-27(24-17-9-3-10-18-24)25-19-11-4-12-20-25;2*1-11-7-3-5-9-13(11)16-15(18)17-14-10-6-4-8-12(14)2;/h1-20H,21H2;3-10H,1-2H3,(H2,16,17,18);3-10H,1-2H3,(H-,16,17,18);/q;;-1;+2/p-1. The summed E-state index contributed by atoms with van der Waals surface area (Å²) in [6.07, 6.45) is 0. The Bertz CT molecular complexity index is 2460. The molecule has 9 heteroatoms. The molecule has 0 amide bonds. The Hall–Kier alpha value is -5.34. The van der Waals surface area contributed by atoms with Crippen LogP contribution in [0.5, 0.6) is 0 Å². The summed E-state index contributed by atoms with van der Waals surface area (Å²) in [7, 11) is -0.817. The molecule has 0 spiro atoms. The molecule has 8 rings (SSSR count). The van der Waals surface area contributed by atoms with Crippen molar-refractivity contribution in [2.24, 2.45) is 4.99 Å². The van der Waals surface area contributed by atoms with Crippen LogP contribution in [0, 0.1) is 27.7 Å². The van der Waals surface area contributed by atoms with Crippen molar-refractivity contribution in [1.29, 1.82) is 0 Å². The fourth-order valence-electron chi connectivity index (χ4n) is 6.51. The molecular formula is C55H52N4P2PdS2. The second kappa shape index (κ2) is 26.4. The van der Waals surface area contributed by atoms with Crippen molar-refractivity contribution >= 4 is 94.9 Å². The number of benzene rings is 8. The van der Waals surface area contributed by atoms with Gasteiger partial charge in [0.1, 0.15) is 0 Å². The summed E-state index contributed by atoms with van der Waals surface area (Å²) < 4.78 is 0. The molecule has 0 atom stereocenters. The molecule has 0 saturated carbocycles. The molecule has 0 heterocycles. The van der Waals surface area contributed by atoms with Crippen molar-refractivity contribution in [2.75, 3.05) is 16.5 Å². The summed E-state index contributed by atoms with van der Waals surface area (Å²) in [6.45, 7) is 8.13. The Morgan fingerprint density at radius 1 is 0.453 bits per heavy atom. The van der Waals surface area contributed by atoms with E-state index in [1.165, 1.54) is 38.2 Å². The van der Waals surface area contributed by atoms with Gasteiger partial charge in [-0.1, -0.05) is 206 Å². The summed E-state index contributed by atoms with van der Waals surface area (Å²) in [4.78, 5) is 4.36. The first kappa shape index (κ1) is 49.7. The van der Waals surface area contributed by atoms with Gasteiger partial charge >= 0.3 is 20.4 Å². The Kier molecular flexibility index (Phi) is 20.5. The first-order valence-corrected chi connectivity index (χ1v) is 24.7. The number of aryl methyl sites for hydroxylation is 4. The van der Waals surface area contributed by atoms with Crippen LogP contribution < -0.4 is 31.9 Å². The largest absolute Gasteiger partial charge is 2.00 e. The molecule has 0 saturated heterocycles. The van der Waals surface area contributed by atoms with Crippen LogP contribution in [0.25, 0.3) is 5.32 Å². The zero-order valence-electron chi connectivity index (χ0n) is 36.4. The molecule has 0 aliphatic carbocycles. The van der Waals surface area contributed by atoms with Gasteiger partial charge in [-0.3, -0.25) is 0 Å². The predicted octanol–water partition coefficient (Wildman–Crippen LogP) is 13.9. The minimum absolute atomic E-state index is 0. The van der Waals surface area contributed by atoms with Gasteiger partial charge in [-0.15, -0.1) is 0 Å². The first-order valence-electron chi connectivity index (χ1n) is 20.8. The number of para-hydroxylation sites is 4. The first-order chi connectivity index (χ1) is 30.7. The van der Waals surface area contributed by atoms with Gasteiger partial charge in [0, 0.05) is 17.3 Å². The van der Waals surface area contributed by atoms with E-state index < -0.39 is 15.8 Å². The number of amidine groups is 1. The van der Waals surface area contributed by atoms with Crippen LogP contribution in [0.3, 0.4) is 0 Å². The third kappa shape index (κ3) is 15.4. The SMILES string of the molecule is Cc1ccccc1N=C([S-])[N-]c1ccccc1C.Cc1ccccc1NC(=S)Nc1ccccc1C.[Pd+2].c1ccc(P(CP(c2ccccc2)c2ccccc2)c2ccccc2)cc1. The van der Waals surface area contributed by atoms with Crippen LogP contribution in [0.1, 0.15) is 22.3 Å². The number of anilines is 2. The Morgan fingerprint density at radius 2 is 0.781 bits per heavy atom. The number of rotatable bonds is 10. The number of hydrogen-bond acceptors (Lipinski definition) is 3. The molecule has 0 bridgehead atoms. The number of thiocarbonyl (C=S) groups is 1. The van der Waals surface area contributed by atoms with Crippen LogP contribution in [-0.2, 0) is 33.1 Å². The van der Waals surface area contributed by atoms with Crippen molar-refractivity contribution in [3.63, 3.8) is 0 Å². The van der Waals surface area contributed by atoms with Crippen LogP contribution in [-0.4, -0.2) is 16.2 Å². The van der Waals surface area contributed by atoms with Gasteiger partial charge < -0.3 is 33.6 Å². The van der Waals surface area contributed by atoms with Crippen LogP contribution in [0.4, 0.5) is 22.7 Å². The smallest absolute Gasteiger partial charge is 0.789 e. The van der Waals surface area contributed by atoms with Gasteiger partial charge in [0.05, 0.1) is 0 Å². The molecule has 8 aromatic carbocycles. The Morgan fingerprint density at radius 3 is 1.16 bits per heavy atom. The second-order valence-electron chi connectivity index (χ2n) is 14.6. The third-order valence-electron chi connectivity index (χ3n) is 10.0. The van der Waals surface area contributed by atoms with E-state index in [1.807, 2.05) is 98.8 Å². The van der Waals surface area contributed by atoms with E-state index in [2.05, 4.69) is 168 Å².